The van der Waals surface area contributed by atoms with Gasteiger partial charge in [-0.1, -0.05) is 0 Å². The second-order valence-corrected chi connectivity index (χ2v) is 4.75. The minimum atomic E-state index is -0.356. The number of ether oxygens (including phenoxy) is 1. The van der Waals surface area contributed by atoms with Crippen molar-refractivity contribution in [2.24, 2.45) is 5.73 Å². The van der Waals surface area contributed by atoms with Gasteiger partial charge in [-0.15, -0.1) is 0 Å². The summed E-state index contributed by atoms with van der Waals surface area (Å²) in [5, 5.41) is 3.28. The Morgan fingerprint density at radius 3 is 2.56 bits per heavy atom. The van der Waals surface area contributed by atoms with Gasteiger partial charge in [0, 0.05) is 12.1 Å². The predicted octanol–water partition coefficient (Wildman–Crippen LogP) is -0.523. The summed E-state index contributed by atoms with van der Waals surface area (Å²) in [6, 6.07) is 0.270. The van der Waals surface area contributed by atoms with E-state index in [9.17, 15) is 9.59 Å². The SMILES string of the molecule is COC(=O)CC(C)N(CC(N)=O)C1CCNCC1. The van der Waals surface area contributed by atoms with E-state index in [0.29, 0.717) is 6.04 Å². The van der Waals surface area contributed by atoms with Crippen molar-refractivity contribution >= 4 is 11.9 Å². The molecule has 1 aliphatic rings. The summed E-state index contributed by atoms with van der Waals surface area (Å²) in [5.74, 6) is -0.615. The Bertz CT molecular complexity index is 290. The minimum Gasteiger partial charge on any atom is -0.469 e. The highest BCUT2D eigenvalue weighted by Crippen LogP contribution is 2.16. The molecule has 1 fully saturated rings. The normalized spacial score (nSPS) is 18.6. The van der Waals surface area contributed by atoms with Crippen LogP contribution < -0.4 is 11.1 Å². The van der Waals surface area contributed by atoms with E-state index in [1.54, 1.807) is 0 Å². The highest BCUT2D eigenvalue weighted by atomic mass is 16.5. The number of carbonyl (C=O) groups excluding carboxylic acids is 2. The highest BCUT2D eigenvalue weighted by molar-refractivity contribution is 5.76. The summed E-state index contributed by atoms with van der Waals surface area (Å²) in [6.07, 6.45) is 2.23. The first-order valence-corrected chi connectivity index (χ1v) is 6.36. The maximum atomic E-state index is 11.3. The largest absolute Gasteiger partial charge is 0.469 e. The van der Waals surface area contributed by atoms with E-state index in [-0.39, 0.29) is 30.9 Å². The Hall–Kier alpha value is -1.14. The molecule has 18 heavy (non-hydrogen) atoms. The van der Waals surface area contributed by atoms with Crippen molar-refractivity contribution in [3.63, 3.8) is 0 Å². The van der Waals surface area contributed by atoms with E-state index in [2.05, 4.69) is 10.1 Å². The van der Waals surface area contributed by atoms with Gasteiger partial charge in [0.1, 0.15) is 0 Å². The van der Waals surface area contributed by atoms with E-state index >= 15 is 0 Å². The molecule has 1 saturated heterocycles. The molecule has 0 bridgehead atoms. The van der Waals surface area contributed by atoms with Gasteiger partial charge in [-0.2, -0.15) is 0 Å². The van der Waals surface area contributed by atoms with Gasteiger partial charge in [-0.25, -0.2) is 0 Å². The van der Waals surface area contributed by atoms with E-state index < -0.39 is 0 Å². The average Bonchev–Trinajstić information content (AvgIpc) is 2.36. The number of piperidine rings is 1. The molecular weight excluding hydrogens is 234 g/mol. The number of nitrogens with one attached hydrogen (secondary N) is 1. The number of methoxy groups -OCH3 is 1. The van der Waals surface area contributed by atoms with Crippen LogP contribution in [0.15, 0.2) is 0 Å². The quantitative estimate of drug-likeness (QED) is 0.625. The van der Waals surface area contributed by atoms with Crippen molar-refractivity contribution in [1.82, 2.24) is 10.2 Å². The van der Waals surface area contributed by atoms with Gasteiger partial charge >= 0.3 is 5.97 Å². The number of carbonyl (C=O) groups is 2. The Morgan fingerprint density at radius 1 is 1.44 bits per heavy atom. The smallest absolute Gasteiger partial charge is 0.307 e. The molecule has 0 aromatic carbocycles. The Kier molecular flexibility index (Phi) is 6.07. The number of amides is 1. The molecule has 1 atom stereocenters. The van der Waals surface area contributed by atoms with Crippen molar-refractivity contribution in [2.75, 3.05) is 26.7 Å². The lowest BCUT2D eigenvalue weighted by Gasteiger charge is -2.37. The molecule has 0 spiro atoms. The van der Waals surface area contributed by atoms with Crippen LogP contribution in [-0.4, -0.2) is 55.6 Å². The number of esters is 1. The minimum absolute atomic E-state index is 0.0342. The van der Waals surface area contributed by atoms with Crippen LogP contribution >= 0.6 is 0 Å². The first kappa shape index (κ1) is 14.9. The summed E-state index contributed by atoms with van der Waals surface area (Å²) >= 11 is 0. The van der Waals surface area contributed by atoms with Crippen LogP contribution in [0.3, 0.4) is 0 Å². The maximum absolute atomic E-state index is 11.3. The molecule has 6 nitrogen and oxygen atoms in total. The second-order valence-electron chi connectivity index (χ2n) is 4.75. The number of rotatable bonds is 6. The van der Waals surface area contributed by atoms with Crippen LogP contribution in [0.5, 0.6) is 0 Å². The predicted molar refractivity (Wildman–Crippen MR) is 67.9 cm³/mol. The first-order valence-electron chi connectivity index (χ1n) is 6.36. The van der Waals surface area contributed by atoms with Crippen molar-refractivity contribution in [3.8, 4) is 0 Å². The fraction of sp³-hybridized carbons (Fsp3) is 0.833. The number of primary amides is 1. The summed E-state index contributed by atoms with van der Waals surface area (Å²) in [5.41, 5.74) is 5.29. The van der Waals surface area contributed by atoms with Crippen LogP contribution in [0.1, 0.15) is 26.2 Å². The number of nitrogens with zero attached hydrogens (tertiary/aromatic N) is 1. The van der Waals surface area contributed by atoms with Gasteiger partial charge < -0.3 is 15.8 Å². The molecule has 1 heterocycles. The van der Waals surface area contributed by atoms with Gasteiger partial charge in [0.15, 0.2) is 0 Å². The van der Waals surface area contributed by atoms with Crippen molar-refractivity contribution in [2.45, 2.75) is 38.3 Å². The van der Waals surface area contributed by atoms with E-state index in [0.717, 1.165) is 25.9 Å². The second kappa shape index (κ2) is 7.33. The molecule has 0 radical (unpaired) electrons. The lowest BCUT2D eigenvalue weighted by Crippen LogP contribution is -2.50. The zero-order valence-corrected chi connectivity index (χ0v) is 11.1. The molecule has 0 aliphatic carbocycles. The molecule has 6 heteroatoms. The van der Waals surface area contributed by atoms with Crippen molar-refractivity contribution in [1.29, 1.82) is 0 Å². The number of hydrogen-bond donors (Lipinski definition) is 2. The fourth-order valence-corrected chi connectivity index (χ4v) is 2.40. The van der Waals surface area contributed by atoms with E-state index in [1.807, 2.05) is 11.8 Å². The molecular formula is C12H23N3O3. The molecule has 1 aliphatic heterocycles. The molecule has 1 rings (SSSR count). The van der Waals surface area contributed by atoms with Crippen LogP contribution in [0, 0.1) is 0 Å². The molecule has 0 aromatic rings. The Labute approximate surface area is 108 Å². The Balaban J connectivity index is 2.63. The number of hydrogen-bond acceptors (Lipinski definition) is 5. The summed E-state index contributed by atoms with van der Waals surface area (Å²) in [7, 11) is 1.37. The summed E-state index contributed by atoms with van der Waals surface area (Å²) in [6.45, 7) is 4.00. The molecule has 3 N–H and O–H groups in total. The third-order valence-electron chi connectivity index (χ3n) is 3.37. The third kappa shape index (κ3) is 4.62. The lowest BCUT2D eigenvalue weighted by molar-refractivity contribution is -0.142. The lowest BCUT2D eigenvalue weighted by atomic mass is 10.0. The first-order chi connectivity index (χ1) is 8.54. The number of nitrogens with two attached hydrogens (primary N) is 1. The van der Waals surface area contributed by atoms with Gasteiger partial charge in [0.2, 0.25) is 5.91 Å². The third-order valence-corrected chi connectivity index (χ3v) is 3.37. The van der Waals surface area contributed by atoms with E-state index in [4.69, 9.17) is 5.73 Å². The zero-order valence-electron chi connectivity index (χ0n) is 11.1. The fourth-order valence-electron chi connectivity index (χ4n) is 2.40. The molecule has 0 saturated carbocycles. The van der Waals surface area contributed by atoms with Gasteiger partial charge in [-0.3, -0.25) is 14.5 Å². The zero-order chi connectivity index (χ0) is 13.5. The average molecular weight is 257 g/mol. The highest BCUT2D eigenvalue weighted by Gasteiger charge is 2.27. The van der Waals surface area contributed by atoms with Gasteiger partial charge in [0.05, 0.1) is 20.1 Å². The molecule has 104 valence electrons. The van der Waals surface area contributed by atoms with E-state index in [1.165, 1.54) is 7.11 Å². The van der Waals surface area contributed by atoms with Crippen molar-refractivity contribution < 1.29 is 14.3 Å². The topological polar surface area (TPSA) is 84.7 Å². The van der Waals surface area contributed by atoms with Crippen molar-refractivity contribution in [3.05, 3.63) is 0 Å². The van der Waals surface area contributed by atoms with Gasteiger partial charge in [-0.05, 0) is 32.9 Å². The molecule has 1 amide bonds. The molecule has 1 unspecified atom stereocenters. The van der Waals surface area contributed by atoms with Crippen LogP contribution in [-0.2, 0) is 14.3 Å². The summed E-state index contributed by atoms with van der Waals surface area (Å²) in [4.78, 5) is 24.5. The van der Waals surface area contributed by atoms with Crippen LogP contribution in [0.2, 0.25) is 0 Å². The maximum Gasteiger partial charge on any atom is 0.307 e. The van der Waals surface area contributed by atoms with Crippen LogP contribution in [0.25, 0.3) is 0 Å². The van der Waals surface area contributed by atoms with Gasteiger partial charge in [0.25, 0.3) is 0 Å². The standard InChI is InChI=1S/C12H23N3O3/c1-9(7-12(17)18-2)15(8-11(13)16)10-3-5-14-6-4-10/h9-10,14H,3-8H2,1-2H3,(H2,13,16). The Morgan fingerprint density at radius 2 is 2.06 bits per heavy atom. The van der Waals surface area contributed by atoms with Crippen LogP contribution in [0.4, 0.5) is 0 Å². The monoisotopic (exact) mass is 257 g/mol. The summed E-state index contributed by atoms with van der Waals surface area (Å²) < 4.78 is 4.67. The molecule has 0 aromatic heterocycles.